The zero-order valence-electron chi connectivity index (χ0n) is 11.0. The van der Waals surface area contributed by atoms with Crippen LogP contribution in [0.15, 0.2) is 11.4 Å². The molecule has 98 valence electrons. The molecule has 1 heterocycles. The summed E-state index contributed by atoms with van der Waals surface area (Å²) in [6.45, 7) is 5.43. The van der Waals surface area contributed by atoms with Crippen LogP contribution in [-0.4, -0.2) is 35.5 Å². The third kappa shape index (κ3) is 2.41. The number of rotatable bonds is 1. The first-order valence-electron chi connectivity index (χ1n) is 5.86. The standard InChI is InChI=1S/C13H17NO3S/c1-13(2,3)17-12(16)14(4)9-7-8-5-6-18-11(8)10(9)15/h5-6,9H,7H2,1-4H3. The lowest BCUT2D eigenvalue weighted by molar-refractivity contribution is 0.0225. The van der Waals surface area contributed by atoms with E-state index in [2.05, 4.69) is 0 Å². The van der Waals surface area contributed by atoms with Crippen LogP contribution in [0.5, 0.6) is 0 Å². The molecule has 5 heteroatoms. The summed E-state index contributed by atoms with van der Waals surface area (Å²) in [6, 6.07) is 1.53. The molecule has 18 heavy (non-hydrogen) atoms. The second-order valence-electron chi connectivity index (χ2n) is 5.45. The van der Waals surface area contributed by atoms with Gasteiger partial charge in [0.25, 0.3) is 0 Å². The van der Waals surface area contributed by atoms with Gasteiger partial charge in [-0.3, -0.25) is 4.79 Å². The van der Waals surface area contributed by atoms with E-state index in [4.69, 9.17) is 4.74 Å². The fourth-order valence-electron chi connectivity index (χ4n) is 1.94. The smallest absolute Gasteiger partial charge is 0.410 e. The van der Waals surface area contributed by atoms with E-state index in [9.17, 15) is 9.59 Å². The minimum absolute atomic E-state index is 0.0216. The number of ketones is 1. The first-order valence-corrected chi connectivity index (χ1v) is 6.74. The molecule has 0 saturated carbocycles. The largest absolute Gasteiger partial charge is 0.444 e. The van der Waals surface area contributed by atoms with Crippen molar-refractivity contribution in [2.24, 2.45) is 0 Å². The van der Waals surface area contributed by atoms with Crippen molar-refractivity contribution in [3.8, 4) is 0 Å². The average Bonchev–Trinajstić information content (AvgIpc) is 2.78. The Morgan fingerprint density at radius 1 is 1.50 bits per heavy atom. The van der Waals surface area contributed by atoms with Crippen molar-refractivity contribution in [3.05, 3.63) is 21.9 Å². The molecule has 1 aromatic heterocycles. The predicted octanol–water partition coefficient (Wildman–Crippen LogP) is 2.72. The fourth-order valence-corrected chi connectivity index (χ4v) is 2.86. The molecule has 1 unspecified atom stereocenters. The maximum absolute atomic E-state index is 12.1. The van der Waals surface area contributed by atoms with Gasteiger partial charge in [-0.15, -0.1) is 11.3 Å². The molecule has 0 aromatic carbocycles. The summed E-state index contributed by atoms with van der Waals surface area (Å²) in [6.07, 6.45) is 0.143. The lowest BCUT2D eigenvalue weighted by atomic mass is 10.2. The van der Waals surface area contributed by atoms with Gasteiger partial charge in [0.05, 0.1) is 4.88 Å². The second kappa shape index (κ2) is 4.39. The number of ether oxygens (including phenoxy) is 1. The maximum atomic E-state index is 12.1. The van der Waals surface area contributed by atoms with Crippen LogP contribution >= 0.6 is 11.3 Å². The van der Waals surface area contributed by atoms with Crippen LogP contribution in [0.1, 0.15) is 36.0 Å². The number of thiophene rings is 1. The number of amides is 1. The molecule has 0 radical (unpaired) electrons. The van der Waals surface area contributed by atoms with Gasteiger partial charge in [-0.2, -0.15) is 0 Å². The molecular formula is C13H17NO3S. The molecular weight excluding hydrogens is 250 g/mol. The summed E-state index contributed by atoms with van der Waals surface area (Å²) in [7, 11) is 1.62. The Kier molecular flexibility index (Phi) is 3.19. The second-order valence-corrected chi connectivity index (χ2v) is 6.37. The van der Waals surface area contributed by atoms with E-state index in [1.54, 1.807) is 7.05 Å². The van der Waals surface area contributed by atoms with Crippen LogP contribution in [0.2, 0.25) is 0 Å². The van der Waals surface area contributed by atoms with Crippen LogP contribution in [0.25, 0.3) is 0 Å². The molecule has 0 N–H and O–H groups in total. The van der Waals surface area contributed by atoms with Crippen molar-refractivity contribution in [3.63, 3.8) is 0 Å². The van der Waals surface area contributed by atoms with E-state index in [1.807, 2.05) is 32.2 Å². The third-order valence-electron chi connectivity index (χ3n) is 2.84. The van der Waals surface area contributed by atoms with Crippen molar-refractivity contribution >= 4 is 23.2 Å². The summed E-state index contributed by atoms with van der Waals surface area (Å²) < 4.78 is 5.27. The summed E-state index contributed by atoms with van der Waals surface area (Å²) in [5.41, 5.74) is 0.489. The Bertz CT molecular complexity index is 487. The van der Waals surface area contributed by atoms with Crippen molar-refractivity contribution in [1.82, 2.24) is 4.90 Å². The molecule has 0 saturated heterocycles. The molecule has 0 fully saturated rings. The van der Waals surface area contributed by atoms with Crippen molar-refractivity contribution in [2.75, 3.05) is 7.05 Å². The lowest BCUT2D eigenvalue weighted by Crippen LogP contribution is -2.43. The zero-order chi connectivity index (χ0) is 13.5. The minimum atomic E-state index is -0.544. The number of hydrogen-bond donors (Lipinski definition) is 0. The molecule has 2 rings (SSSR count). The van der Waals surface area contributed by atoms with Crippen LogP contribution in [0.3, 0.4) is 0 Å². The third-order valence-corrected chi connectivity index (χ3v) is 3.81. The molecule has 1 atom stereocenters. The van der Waals surface area contributed by atoms with Gasteiger partial charge in [0.15, 0.2) is 5.78 Å². The highest BCUT2D eigenvalue weighted by atomic mass is 32.1. The molecule has 4 nitrogen and oxygen atoms in total. The van der Waals surface area contributed by atoms with Gasteiger partial charge in [0, 0.05) is 13.5 Å². The van der Waals surface area contributed by atoms with Gasteiger partial charge in [0.2, 0.25) is 0 Å². The molecule has 1 aromatic rings. The highest BCUT2D eigenvalue weighted by Gasteiger charge is 2.37. The predicted molar refractivity (Wildman–Crippen MR) is 70.1 cm³/mol. The van der Waals surface area contributed by atoms with E-state index in [0.29, 0.717) is 6.42 Å². The summed E-state index contributed by atoms with van der Waals surface area (Å²) in [5.74, 6) is 0.0216. The highest BCUT2D eigenvalue weighted by Crippen LogP contribution is 2.30. The van der Waals surface area contributed by atoms with E-state index in [-0.39, 0.29) is 5.78 Å². The van der Waals surface area contributed by atoms with Crippen LogP contribution in [0.4, 0.5) is 4.79 Å². The first-order chi connectivity index (χ1) is 8.29. The molecule has 0 aliphatic heterocycles. The average molecular weight is 267 g/mol. The number of likely N-dealkylation sites (N-methyl/N-ethyl adjacent to an activating group) is 1. The Balaban J connectivity index is 2.08. The molecule has 0 spiro atoms. The number of Topliss-reactive ketones (excluding diaryl/α,β-unsaturated/α-hetero) is 1. The van der Waals surface area contributed by atoms with Crippen molar-refractivity contribution in [1.29, 1.82) is 0 Å². The SMILES string of the molecule is CN(C(=O)OC(C)(C)C)C1Cc2ccsc2C1=O. The van der Waals surface area contributed by atoms with Gasteiger partial charge in [-0.1, -0.05) is 0 Å². The maximum Gasteiger partial charge on any atom is 0.410 e. The fraction of sp³-hybridized carbons (Fsp3) is 0.538. The molecule has 0 bridgehead atoms. The van der Waals surface area contributed by atoms with Crippen molar-refractivity contribution < 1.29 is 14.3 Å². The quantitative estimate of drug-likeness (QED) is 0.786. The normalized spacial score (nSPS) is 18.7. The Labute approximate surface area is 111 Å². The summed E-state index contributed by atoms with van der Waals surface area (Å²) in [5, 5.41) is 1.91. The van der Waals surface area contributed by atoms with Crippen LogP contribution in [-0.2, 0) is 11.2 Å². The summed E-state index contributed by atoms with van der Waals surface area (Å²) in [4.78, 5) is 26.2. The minimum Gasteiger partial charge on any atom is -0.444 e. The topological polar surface area (TPSA) is 46.6 Å². The molecule has 1 aliphatic rings. The van der Waals surface area contributed by atoms with E-state index < -0.39 is 17.7 Å². The van der Waals surface area contributed by atoms with Crippen LogP contribution in [0, 0.1) is 0 Å². The van der Waals surface area contributed by atoms with Gasteiger partial charge in [-0.25, -0.2) is 4.79 Å². The van der Waals surface area contributed by atoms with Gasteiger partial charge < -0.3 is 9.64 Å². The zero-order valence-corrected chi connectivity index (χ0v) is 11.8. The van der Waals surface area contributed by atoms with Gasteiger partial charge in [0.1, 0.15) is 11.6 Å². The van der Waals surface area contributed by atoms with Crippen LogP contribution < -0.4 is 0 Å². The number of carbonyl (C=O) groups is 2. The van der Waals surface area contributed by atoms with Gasteiger partial charge >= 0.3 is 6.09 Å². The molecule has 1 amide bonds. The van der Waals surface area contributed by atoms with Crippen molar-refractivity contribution in [2.45, 2.75) is 38.8 Å². The molecule has 1 aliphatic carbocycles. The Morgan fingerprint density at radius 3 is 2.72 bits per heavy atom. The first kappa shape index (κ1) is 13.1. The van der Waals surface area contributed by atoms with E-state index in [0.717, 1.165) is 10.4 Å². The number of carbonyl (C=O) groups excluding carboxylic acids is 2. The van der Waals surface area contributed by atoms with E-state index >= 15 is 0 Å². The monoisotopic (exact) mass is 267 g/mol. The lowest BCUT2D eigenvalue weighted by Gasteiger charge is -2.27. The number of nitrogens with zero attached hydrogens (tertiary/aromatic N) is 1. The van der Waals surface area contributed by atoms with Gasteiger partial charge in [-0.05, 0) is 37.8 Å². The number of hydrogen-bond acceptors (Lipinski definition) is 4. The van der Waals surface area contributed by atoms with E-state index in [1.165, 1.54) is 16.2 Å². The Hall–Kier alpha value is -1.36. The number of fused-ring (bicyclic) bond motifs is 1. The summed E-state index contributed by atoms with van der Waals surface area (Å²) >= 11 is 1.44. The Morgan fingerprint density at radius 2 is 2.17 bits per heavy atom. The highest BCUT2D eigenvalue weighted by molar-refractivity contribution is 7.12.